The zero-order chi connectivity index (χ0) is 23.1. The summed E-state index contributed by atoms with van der Waals surface area (Å²) < 4.78 is -0.665. The molecule has 0 aromatic rings. The first-order valence-electron chi connectivity index (χ1n) is 12.3. The number of carbonyl (C=O) groups is 2. The summed E-state index contributed by atoms with van der Waals surface area (Å²) in [6.45, 7) is 8.29. The fourth-order valence-electron chi connectivity index (χ4n) is 3.12. The molecule has 0 saturated carbocycles. The van der Waals surface area contributed by atoms with Crippen LogP contribution in [-0.2, 0) is 4.79 Å². The van der Waals surface area contributed by atoms with Gasteiger partial charge in [0.15, 0.2) is 0 Å². The Morgan fingerprint density at radius 3 is 1.43 bits per heavy atom. The van der Waals surface area contributed by atoms with E-state index in [4.69, 9.17) is 5.73 Å². The second kappa shape index (κ2) is 22.8. The van der Waals surface area contributed by atoms with E-state index in [0.717, 1.165) is 0 Å². The van der Waals surface area contributed by atoms with Crippen molar-refractivity contribution in [2.24, 2.45) is 5.73 Å². The fraction of sp³-hybridized carbons (Fsp3) is 0.840. The van der Waals surface area contributed by atoms with Crippen molar-refractivity contribution in [3.8, 4) is 0 Å². The smallest absolute Gasteiger partial charge is 0.318 e. The number of nitrogens with two attached hydrogens (primary N) is 1. The maximum Gasteiger partial charge on any atom is 0.318 e. The molecule has 4 nitrogen and oxygen atoms in total. The molecule has 0 saturated heterocycles. The van der Waals surface area contributed by atoms with Gasteiger partial charge in [-0.15, -0.1) is 0 Å². The number of unbranched alkanes of at least 4 members (excludes halogenated alkanes) is 12. The molecule has 0 aliphatic heterocycles. The molecule has 30 heavy (non-hydrogen) atoms. The van der Waals surface area contributed by atoms with E-state index in [1.165, 1.54) is 89.9 Å². The van der Waals surface area contributed by atoms with Crippen molar-refractivity contribution in [3.05, 3.63) is 12.2 Å². The van der Waals surface area contributed by atoms with Gasteiger partial charge < -0.3 is 5.73 Å². The normalized spacial score (nSPS) is 11.2. The van der Waals surface area contributed by atoms with Crippen LogP contribution in [0.25, 0.3) is 0 Å². The summed E-state index contributed by atoms with van der Waals surface area (Å²) in [7, 11) is 0. The first-order chi connectivity index (χ1) is 14.4. The summed E-state index contributed by atoms with van der Waals surface area (Å²) >= 11 is 3.26. The molecule has 0 aliphatic carbocycles. The van der Waals surface area contributed by atoms with Gasteiger partial charge >= 0.3 is 6.03 Å². The number of primary amides is 1. The number of rotatable bonds is 17. The van der Waals surface area contributed by atoms with E-state index in [1.807, 2.05) is 19.2 Å². The summed E-state index contributed by atoms with van der Waals surface area (Å²) in [5, 5.41) is 2.04. The highest BCUT2D eigenvalue weighted by molar-refractivity contribution is 9.10. The summed E-state index contributed by atoms with van der Waals surface area (Å²) in [5.74, 6) is -0.375. The van der Waals surface area contributed by atoms with Crippen molar-refractivity contribution in [1.29, 1.82) is 0 Å². The Morgan fingerprint density at radius 2 is 1.10 bits per heavy atom. The van der Waals surface area contributed by atoms with Gasteiger partial charge in [0.25, 0.3) is 0 Å². The third-order valence-corrected chi connectivity index (χ3v) is 6.86. The molecule has 0 heterocycles. The van der Waals surface area contributed by atoms with Crippen LogP contribution >= 0.6 is 15.9 Å². The molecule has 0 fully saturated rings. The number of halogens is 1. The molecular weight excluding hydrogens is 440 g/mol. The predicted octanol–water partition coefficient (Wildman–Crippen LogP) is 8.18. The standard InChI is InChI=1S/C18H36.C7H13BrN2O2/c1-3-5-7-9-11-13-15-17-18-16-14-12-10-8-6-4-2;1-3-7(8,4-2)5(11)10-6(9)12/h17-18H,3-16H2,1-2H3;3-4H2,1-2H3,(H3,9,10,11,12)/b18-17+;. The van der Waals surface area contributed by atoms with Gasteiger partial charge in [0, 0.05) is 0 Å². The SMILES string of the molecule is CCC(Br)(CC)C(=O)NC(N)=O.CCCCCCCC/C=C/CCCCCCCC. The lowest BCUT2D eigenvalue weighted by molar-refractivity contribution is -0.122. The molecule has 3 N–H and O–H groups in total. The van der Waals surface area contributed by atoms with Crippen molar-refractivity contribution in [2.75, 3.05) is 0 Å². The molecule has 0 bridgehead atoms. The summed E-state index contributed by atoms with van der Waals surface area (Å²) in [6.07, 6.45) is 25.7. The Balaban J connectivity index is 0. The van der Waals surface area contributed by atoms with Gasteiger partial charge in [-0.25, -0.2) is 4.79 Å². The van der Waals surface area contributed by atoms with Gasteiger partial charge in [-0.2, -0.15) is 0 Å². The molecule has 0 atom stereocenters. The Hall–Kier alpha value is -0.840. The van der Waals surface area contributed by atoms with E-state index in [0.29, 0.717) is 12.8 Å². The highest BCUT2D eigenvalue weighted by atomic mass is 79.9. The second-order valence-corrected chi connectivity index (χ2v) is 9.59. The van der Waals surface area contributed by atoms with Crippen LogP contribution in [0, 0.1) is 0 Å². The molecule has 3 amide bonds. The minimum absolute atomic E-state index is 0.375. The summed E-state index contributed by atoms with van der Waals surface area (Å²) in [4.78, 5) is 21.6. The van der Waals surface area contributed by atoms with Crippen LogP contribution in [0.2, 0.25) is 0 Å². The van der Waals surface area contributed by atoms with Gasteiger partial charge in [0.05, 0.1) is 0 Å². The Kier molecular flexibility index (Phi) is 23.9. The average Bonchev–Trinajstić information content (AvgIpc) is 2.73. The van der Waals surface area contributed by atoms with Crippen molar-refractivity contribution < 1.29 is 9.59 Å². The molecule has 0 spiro atoms. The molecule has 178 valence electrons. The van der Waals surface area contributed by atoms with E-state index in [-0.39, 0.29) is 5.91 Å². The van der Waals surface area contributed by atoms with Gasteiger partial charge in [-0.1, -0.05) is 120 Å². The zero-order valence-corrected chi connectivity index (χ0v) is 21.8. The van der Waals surface area contributed by atoms with E-state index in [1.54, 1.807) is 0 Å². The number of nitrogens with one attached hydrogen (secondary N) is 1. The maximum atomic E-state index is 11.3. The quantitative estimate of drug-likeness (QED) is 0.123. The van der Waals surface area contributed by atoms with Crippen LogP contribution in [0.1, 0.15) is 130 Å². The Bertz CT molecular complexity index is 417. The van der Waals surface area contributed by atoms with E-state index in [2.05, 4.69) is 41.9 Å². The van der Waals surface area contributed by atoms with Gasteiger partial charge in [0.1, 0.15) is 4.32 Å². The number of urea groups is 1. The van der Waals surface area contributed by atoms with Crippen molar-refractivity contribution >= 4 is 27.9 Å². The van der Waals surface area contributed by atoms with E-state index in [9.17, 15) is 9.59 Å². The molecule has 0 radical (unpaired) electrons. The largest absolute Gasteiger partial charge is 0.351 e. The maximum absolute atomic E-state index is 11.3. The van der Waals surface area contributed by atoms with Crippen molar-refractivity contribution in [1.82, 2.24) is 5.32 Å². The number of alkyl halides is 1. The minimum Gasteiger partial charge on any atom is -0.351 e. The van der Waals surface area contributed by atoms with Crippen molar-refractivity contribution in [3.63, 3.8) is 0 Å². The zero-order valence-electron chi connectivity index (χ0n) is 20.2. The third-order valence-electron chi connectivity index (χ3n) is 5.38. The lowest BCUT2D eigenvalue weighted by Crippen LogP contribution is -2.46. The number of allylic oxidation sites excluding steroid dienone is 2. The lowest BCUT2D eigenvalue weighted by atomic mass is 10.0. The second-order valence-electron chi connectivity index (χ2n) is 8.08. The molecule has 0 aromatic carbocycles. The van der Waals surface area contributed by atoms with Crippen LogP contribution in [0.5, 0.6) is 0 Å². The van der Waals surface area contributed by atoms with E-state index >= 15 is 0 Å². The van der Waals surface area contributed by atoms with Crippen LogP contribution in [-0.4, -0.2) is 16.3 Å². The third kappa shape index (κ3) is 20.4. The number of carbonyl (C=O) groups excluding carboxylic acids is 2. The van der Waals surface area contributed by atoms with Gasteiger partial charge in [0.2, 0.25) is 5.91 Å². The summed E-state index contributed by atoms with van der Waals surface area (Å²) in [6, 6.07) is -0.814. The van der Waals surface area contributed by atoms with E-state index < -0.39 is 10.4 Å². The van der Waals surface area contributed by atoms with Crippen LogP contribution in [0.4, 0.5) is 4.79 Å². The molecule has 0 aliphatic rings. The molecule has 5 heteroatoms. The van der Waals surface area contributed by atoms with Gasteiger partial charge in [-0.05, 0) is 38.5 Å². The first kappa shape index (κ1) is 31.3. The topological polar surface area (TPSA) is 72.2 Å². The average molecular weight is 490 g/mol. The number of amides is 3. The molecule has 0 unspecified atom stereocenters. The Labute approximate surface area is 195 Å². The Morgan fingerprint density at radius 1 is 0.733 bits per heavy atom. The minimum atomic E-state index is -0.814. The van der Waals surface area contributed by atoms with Crippen LogP contribution < -0.4 is 11.1 Å². The highest BCUT2D eigenvalue weighted by Crippen LogP contribution is 2.26. The van der Waals surface area contributed by atoms with Crippen LogP contribution in [0.3, 0.4) is 0 Å². The fourth-order valence-corrected chi connectivity index (χ4v) is 3.21. The van der Waals surface area contributed by atoms with Crippen molar-refractivity contribution in [2.45, 2.75) is 135 Å². The monoisotopic (exact) mass is 488 g/mol. The first-order valence-corrected chi connectivity index (χ1v) is 13.1. The highest BCUT2D eigenvalue weighted by Gasteiger charge is 2.32. The van der Waals surface area contributed by atoms with Gasteiger partial charge in [-0.3, -0.25) is 10.1 Å². The summed E-state index contributed by atoms with van der Waals surface area (Å²) in [5.41, 5.74) is 4.81. The number of imide groups is 1. The van der Waals surface area contributed by atoms with Crippen LogP contribution in [0.15, 0.2) is 12.2 Å². The molecular formula is C25H49BrN2O2. The number of hydrogen-bond acceptors (Lipinski definition) is 2. The lowest BCUT2D eigenvalue weighted by Gasteiger charge is -2.21. The number of hydrogen-bond donors (Lipinski definition) is 2. The molecule has 0 aromatic heterocycles. The molecule has 0 rings (SSSR count). The predicted molar refractivity (Wildman–Crippen MR) is 135 cm³/mol.